The van der Waals surface area contributed by atoms with Gasteiger partial charge in [0.25, 0.3) is 0 Å². The molecule has 2 aromatic rings. The zero-order valence-corrected chi connectivity index (χ0v) is 11.0. The summed E-state index contributed by atoms with van der Waals surface area (Å²) in [5, 5.41) is 16.1. The number of benzene rings is 2. The molecule has 0 aromatic heterocycles. The van der Waals surface area contributed by atoms with Crippen LogP contribution in [0.3, 0.4) is 0 Å². The van der Waals surface area contributed by atoms with Crippen LogP contribution >= 0.6 is 0 Å². The number of anilines is 2. The van der Waals surface area contributed by atoms with Crippen molar-refractivity contribution in [2.75, 3.05) is 10.2 Å². The first kappa shape index (κ1) is 12.7. The van der Waals surface area contributed by atoms with E-state index in [2.05, 4.69) is 10.5 Å². The second-order valence-electron chi connectivity index (χ2n) is 4.27. The number of amides is 1. The highest BCUT2D eigenvalue weighted by Crippen LogP contribution is 2.23. The first-order valence-electron chi connectivity index (χ1n) is 6.29. The molecule has 0 spiro atoms. The van der Waals surface area contributed by atoms with Gasteiger partial charge in [0.05, 0.1) is 11.4 Å². The van der Waals surface area contributed by atoms with Gasteiger partial charge in [0.2, 0.25) is 5.71 Å². The number of hydrazine groups is 2. The van der Waals surface area contributed by atoms with E-state index in [1.807, 2.05) is 60.7 Å². The summed E-state index contributed by atoms with van der Waals surface area (Å²) in [7, 11) is 0. The number of hydrogen-bond acceptors (Lipinski definition) is 5. The van der Waals surface area contributed by atoms with Crippen LogP contribution in [0, 0.1) is 11.3 Å². The Kier molecular flexibility index (Phi) is 3.23. The molecule has 1 N–H and O–H groups in total. The van der Waals surface area contributed by atoms with Gasteiger partial charge in [-0.1, -0.05) is 36.4 Å². The maximum atomic E-state index is 11.9. The molecular weight excluding hydrogens is 266 g/mol. The lowest BCUT2D eigenvalue weighted by atomic mass is 10.3. The average Bonchev–Trinajstić information content (AvgIpc) is 2.56. The third-order valence-corrected chi connectivity index (χ3v) is 2.90. The monoisotopic (exact) mass is 277 g/mol. The van der Waals surface area contributed by atoms with Gasteiger partial charge in [0.15, 0.2) is 0 Å². The summed E-state index contributed by atoms with van der Waals surface area (Å²) >= 11 is 0. The molecule has 1 amide bonds. The van der Waals surface area contributed by atoms with Crippen LogP contribution in [0.15, 0.2) is 65.8 Å². The normalized spacial score (nSPS) is 14.2. The van der Waals surface area contributed by atoms with Crippen LogP contribution in [0.5, 0.6) is 0 Å². The second kappa shape index (κ2) is 5.35. The predicted molar refractivity (Wildman–Crippen MR) is 79.0 cm³/mol. The van der Waals surface area contributed by atoms with Crippen molar-refractivity contribution in [2.45, 2.75) is 0 Å². The summed E-state index contributed by atoms with van der Waals surface area (Å²) in [5.41, 5.74) is 3.92. The topological polar surface area (TPSA) is 71.7 Å². The van der Waals surface area contributed by atoms with E-state index in [4.69, 9.17) is 5.26 Å². The van der Waals surface area contributed by atoms with E-state index in [0.717, 1.165) is 11.4 Å². The molecule has 21 heavy (non-hydrogen) atoms. The number of hydrazone groups is 1. The predicted octanol–water partition coefficient (Wildman–Crippen LogP) is 1.84. The van der Waals surface area contributed by atoms with Gasteiger partial charge in [-0.15, -0.1) is 5.10 Å². The van der Waals surface area contributed by atoms with Crippen LogP contribution in [0.1, 0.15) is 0 Å². The molecule has 0 saturated heterocycles. The van der Waals surface area contributed by atoms with Gasteiger partial charge in [0, 0.05) is 0 Å². The number of rotatable bonds is 2. The SMILES string of the molecule is N#CC1=NN(c2ccccc2)N(c2ccccc2)NC1=O. The van der Waals surface area contributed by atoms with Crippen molar-refractivity contribution in [2.24, 2.45) is 5.10 Å². The molecule has 6 nitrogen and oxygen atoms in total. The minimum atomic E-state index is -0.534. The molecule has 0 radical (unpaired) electrons. The number of nitrogens with one attached hydrogen (secondary N) is 1. The fraction of sp³-hybridized carbons (Fsp3) is 0. The van der Waals surface area contributed by atoms with Crippen molar-refractivity contribution in [3.63, 3.8) is 0 Å². The molecule has 1 heterocycles. The molecule has 3 rings (SSSR count). The lowest BCUT2D eigenvalue weighted by Gasteiger charge is -2.36. The van der Waals surface area contributed by atoms with Crippen LogP contribution in [-0.4, -0.2) is 11.6 Å². The van der Waals surface area contributed by atoms with Gasteiger partial charge in [0.1, 0.15) is 6.07 Å². The summed E-state index contributed by atoms with van der Waals surface area (Å²) in [4.78, 5) is 11.9. The van der Waals surface area contributed by atoms with Crippen LogP contribution in [0.25, 0.3) is 0 Å². The van der Waals surface area contributed by atoms with Crippen LogP contribution in [-0.2, 0) is 4.79 Å². The zero-order chi connectivity index (χ0) is 14.7. The standard InChI is InChI=1S/C15H11N5O/c16-11-14-15(21)18-20(13-9-5-2-6-10-13)19(17-14)12-7-3-1-4-8-12/h1-10H,(H,18,21). The van der Waals surface area contributed by atoms with Crippen molar-refractivity contribution in [3.05, 3.63) is 60.7 Å². The Morgan fingerprint density at radius 2 is 1.52 bits per heavy atom. The third-order valence-electron chi connectivity index (χ3n) is 2.90. The van der Waals surface area contributed by atoms with Crippen molar-refractivity contribution in [3.8, 4) is 6.07 Å². The molecule has 6 heteroatoms. The zero-order valence-electron chi connectivity index (χ0n) is 11.0. The fourth-order valence-corrected chi connectivity index (χ4v) is 1.93. The Labute approximate surface area is 121 Å². The lowest BCUT2D eigenvalue weighted by Crippen LogP contribution is -2.58. The van der Waals surface area contributed by atoms with Gasteiger partial charge < -0.3 is 0 Å². The van der Waals surface area contributed by atoms with E-state index >= 15 is 0 Å². The first-order chi connectivity index (χ1) is 10.3. The molecular formula is C15H11N5O. The maximum absolute atomic E-state index is 11.9. The molecule has 0 fully saturated rings. The Morgan fingerprint density at radius 3 is 2.10 bits per heavy atom. The second-order valence-corrected chi connectivity index (χ2v) is 4.27. The highest BCUT2D eigenvalue weighted by atomic mass is 16.2. The largest absolute Gasteiger partial charge is 0.302 e. The van der Waals surface area contributed by atoms with E-state index in [9.17, 15) is 4.79 Å². The van der Waals surface area contributed by atoms with Gasteiger partial charge in [-0.25, -0.2) is 5.43 Å². The fourth-order valence-electron chi connectivity index (χ4n) is 1.93. The molecule has 0 unspecified atom stereocenters. The average molecular weight is 277 g/mol. The van der Waals surface area contributed by atoms with Crippen molar-refractivity contribution >= 4 is 23.0 Å². The van der Waals surface area contributed by atoms with E-state index in [-0.39, 0.29) is 5.71 Å². The van der Waals surface area contributed by atoms with Crippen molar-refractivity contribution in [1.29, 1.82) is 5.26 Å². The molecule has 0 atom stereocenters. The van der Waals surface area contributed by atoms with E-state index < -0.39 is 5.91 Å². The highest BCUT2D eigenvalue weighted by Gasteiger charge is 2.28. The molecule has 1 aliphatic heterocycles. The number of nitrogens with zero attached hydrogens (tertiary/aromatic N) is 4. The summed E-state index contributed by atoms with van der Waals surface area (Å²) in [6.07, 6.45) is 0. The number of carbonyl (C=O) groups excluding carboxylic acids is 1. The highest BCUT2D eigenvalue weighted by molar-refractivity contribution is 6.46. The van der Waals surface area contributed by atoms with Crippen molar-refractivity contribution in [1.82, 2.24) is 5.43 Å². The lowest BCUT2D eigenvalue weighted by molar-refractivity contribution is -0.115. The molecule has 2 aromatic carbocycles. The maximum Gasteiger partial charge on any atom is 0.302 e. The number of carbonyl (C=O) groups is 1. The Morgan fingerprint density at radius 1 is 0.952 bits per heavy atom. The Bertz CT molecular complexity index is 721. The summed E-state index contributed by atoms with van der Waals surface area (Å²) in [6, 6.07) is 20.3. The summed E-state index contributed by atoms with van der Waals surface area (Å²) in [6.45, 7) is 0. The van der Waals surface area contributed by atoms with Crippen molar-refractivity contribution < 1.29 is 4.79 Å². The summed E-state index contributed by atoms with van der Waals surface area (Å²) < 4.78 is 0. The minimum Gasteiger partial charge on any atom is -0.265 e. The summed E-state index contributed by atoms with van der Waals surface area (Å²) in [5.74, 6) is -0.534. The van der Waals surface area contributed by atoms with Crippen LogP contribution in [0.4, 0.5) is 11.4 Å². The van der Waals surface area contributed by atoms with Crippen LogP contribution in [0.2, 0.25) is 0 Å². The minimum absolute atomic E-state index is 0.189. The molecule has 0 saturated carbocycles. The van der Waals surface area contributed by atoms with Gasteiger partial charge in [-0.05, 0) is 24.3 Å². The Hall–Kier alpha value is -3.33. The van der Waals surface area contributed by atoms with E-state index in [0.29, 0.717) is 0 Å². The van der Waals surface area contributed by atoms with Gasteiger partial charge in [-0.3, -0.25) is 4.79 Å². The number of para-hydroxylation sites is 2. The quantitative estimate of drug-likeness (QED) is 0.909. The van der Waals surface area contributed by atoms with E-state index in [1.54, 1.807) is 6.07 Å². The third kappa shape index (κ3) is 2.40. The van der Waals surface area contributed by atoms with E-state index in [1.165, 1.54) is 10.2 Å². The van der Waals surface area contributed by atoms with Gasteiger partial charge >= 0.3 is 5.91 Å². The molecule has 0 aliphatic carbocycles. The molecule has 1 aliphatic rings. The Balaban J connectivity index is 2.08. The van der Waals surface area contributed by atoms with Crippen LogP contribution < -0.4 is 15.7 Å². The molecule has 0 bridgehead atoms. The number of hydrogen-bond donors (Lipinski definition) is 1. The first-order valence-corrected chi connectivity index (χ1v) is 6.29. The number of nitriles is 1. The smallest absolute Gasteiger partial charge is 0.265 e. The van der Waals surface area contributed by atoms with Gasteiger partial charge in [-0.2, -0.15) is 15.5 Å². The molecule has 102 valence electrons.